The van der Waals surface area contributed by atoms with E-state index in [-0.39, 0.29) is 17.7 Å². The lowest BCUT2D eigenvalue weighted by molar-refractivity contribution is -0.120. The van der Waals surface area contributed by atoms with Crippen LogP contribution in [0.1, 0.15) is 23.0 Å². The van der Waals surface area contributed by atoms with E-state index in [0.29, 0.717) is 22.2 Å². The third kappa shape index (κ3) is 4.08. The molecule has 1 aromatic heterocycles. The van der Waals surface area contributed by atoms with Gasteiger partial charge in [-0.15, -0.1) is 11.3 Å². The maximum atomic E-state index is 12.1. The second-order valence-corrected chi connectivity index (χ2v) is 5.76. The first kappa shape index (κ1) is 15.1. The minimum atomic E-state index is -0.260. The van der Waals surface area contributed by atoms with Crippen LogP contribution in [0.4, 0.5) is 0 Å². The molecule has 4 nitrogen and oxygen atoms in total. The van der Waals surface area contributed by atoms with Gasteiger partial charge in [0.25, 0.3) is 0 Å². The van der Waals surface area contributed by atoms with Crippen LogP contribution in [0.15, 0.2) is 12.1 Å². The van der Waals surface area contributed by atoms with E-state index >= 15 is 0 Å². The Morgan fingerprint density at radius 1 is 1.50 bits per heavy atom. The summed E-state index contributed by atoms with van der Waals surface area (Å²) in [5.41, 5.74) is 0. The van der Waals surface area contributed by atoms with Crippen LogP contribution in [0.2, 0.25) is 4.34 Å². The lowest BCUT2D eigenvalue weighted by Crippen LogP contribution is -2.38. The van der Waals surface area contributed by atoms with Crippen LogP contribution >= 0.6 is 22.9 Å². The molecule has 0 aliphatic rings. The largest absolute Gasteiger partial charge is 0.359 e. The number of carbonyl (C=O) groups excluding carboxylic acids is 2. The molecule has 1 aromatic rings. The van der Waals surface area contributed by atoms with Crippen LogP contribution in [0, 0.1) is 0 Å². The van der Waals surface area contributed by atoms with Crippen LogP contribution < -0.4 is 5.32 Å². The Labute approximate surface area is 116 Å². The summed E-state index contributed by atoms with van der Waals surface area (Å²) >= 11 is 7.09. The molecule has 0 saturated carbocycles. The van der Waals surface area contributed by atoms with E-state index in [9.17, 15) is 9.59 Å². The first-order chi connectivity index (χ1) is 8.45. The molecule has 1 N–H and O–H groups in total. The van der Waals surface area contributed by atoms with Crippen molar-refractivity contribution in [1.29, 1.82) is 0 Å². The lowest BCUT2D eigenvalue weighted by atomic mass is 10.1. The van der Waals surface area contributed by atoms with Crippen molar-refractivity contribution in [3.05, 3.63) is 21.3 Å². The van der Waals surface area contributed by atoms with Crippen LogP contribution in [0.5, 0.6) is 0 Å². The molecule has 1 rings (SSSR count). The van der Waals surface area contributed by atoms with E-state index in [4.69, 9.17) is 11.6 Å². The van der Waals surface area contributed by atoms with Gasteiger partial charge in [-0.2, -0.15) is 0 Å². The molecule has 0 radical (unpaired) electrons. The van der Waals surface area contributed by atoms with Gasteiger partial charge < -0.3 is 5.32 Å². The highest BCUT2D eigenvalue weighted by molar-refractivity contribution is 7.18. The number of hydrogen-bond donors (Lipinski definition) is 1. The van der Waals surface area contributed by atoms with Gasteiger partial charge in [-0.1, -0.05) is 11.6 Å². The Morgan fingerprint density at radius 3 is 2.67 bits per heavy atom. The number of thiophene rings is 1. The van der Waals surface area contributed by atoms with Crippen molar-refractivity contribution in [3.63, 3.8) is 0 Å². The molecule has 100 valence electrons. The molecular formula is C12H17ClN2O2S. The number of hydrogen-bond acceptors (Lipinski definition) is 4. The molecule has 1 unspecified atom stereocenters. The van der Waals surface area contributed by atoms with Crippen molar-refractivity contribution in [2.24, 2.45) is 0 Å². The molecule has 0 saturated heterocycles. The standard InChI is InChI=1S/C12H17ClN2O2S/c1-8(15(3)7-6-11(16)14-2)12(17)9-4-5-10(13)18-9/h4-5,8H,6-7H2,1-3H3,(H,14,16). The van der Waals surface area contributed by atoms with Gasteiger partial charge in [-0.25, -0.2) is 0 Å². The van der Waals surface area contributed by atoms with E-state index in [0.717, 1.165) is 0 Å². The minimum Gasteiger partial charge on any atom is -0.359 e. The van der Waals surface area contributed by atoms with Crippen molar-refractivity contribution in [2.45, 2.75) is 19.4 Å². The number of carbonyl (C=O) groups is 2. The second kappa shape index (κ2) is 6.87. The topological polar surface area (TPSA) is 49.4 Å². The number of nitrogens with one attached hydrogen (secondary N) is 1. The molecule has 1 heterocycles. The van der Waals surface area contributed by atoms with Crippen LogP contribution in [-0.2, 0) is 4.79 Å². The SMILES string of the molecule is CNC(=O)CCN(C)C(C)C(=O)c1ccc(Cl)s1. The van der Waals surface area contributed by atoms with Crippen molar-refractivity contribution >= 4 is 34.6 Å². The summed E-state index contributed by atoms with van der Waals surface area (Å²) in [5, 5.41) is 2.56. The lowest BCUT2D eigenvalue weighted by Gasteiger charge is -2.22. The number of nitrogens with zero attached hydrogens (tertiary/aromatic N) is 1. The van der Waals surface area contributed by atoms with Gasteiger partial charge in [0.05, 0.1) is 15.3 Å². The van der Waals surface area contributed by atoms with Gasteiger partial charge >= 0.3 is 0 Å². The number of amides is 1. The average Bonchev–Trinajstić information content (AvgIpc) is 2.80. The first-order valence-electron chi connectivity index (χ1n) is 5.66. The number of rotatable bonds is 6. The van der Waals surface area contributed by atoms with Crippen LogP contribution in [0.3, 0.4) is 0 Å². The Morgan fingerprint density at radius 2 is 2.17 bits per heavy atom. The summed E-state index contributed by atoms with van der Waals surface area (Å²) < 4.78 is 0.610. The molecule has 0 aliphatic heterocycles. The summed E-state index contributed by atoms with van der Waals surface area (Å²) in [7, 11) is 3.44. The van der Waals surface area contributed by atoms with E-state index < -0.39 is 0 Å². The first-order valence-corrected chi connectivity index (χ1v) is 6.85. The predicted molar refractivity (Wildman–Crippen MR) is 74.4 cm³/mol. The highest BCUT2D eigenvalue weighted by atomic mass is 35.5. The zero-order valence-electron chi connectivity index (χ0n) is 10.7. The van der Waals surface area contributed by atoms with E-state index in [1.54, 1.807) is 19.2 Å². The fourth-order valence-corrected chi connectivity index (χ4v) is 2.52. The smallest absolute Gasteiger partial charge is 0.221 e. The molecular weight excluding hydrogens is 272 g/mol. The molecule has 1 amide bonds. The monoisotopic (exact) mass is 288 g/mol. The molecule has 6 heteroatoms. The molecule has 0 spiro atoms. The quantitative estimate of drug-likeness (QED) is 0.815. The van der Waals surface area contributed by atoms with Gasteiger partial charge in [0.2, 0.25) is 5.91 Å². The van der Waals surface area contributed by atoms with Crippen molar-refractivity contribution in [2.75, 3.05) is 20.6 Å². The normalized spacial score (nSPS) is 12.5. The van der Waals surface area contributed by atoms with E-state index in [1.165, 1.54) is 11.3 Å². The van der Waals surface area contributed by atoms with Crippen LogP contribution in [0.25, 0.3) is 0 Å². The summed E-state index contributed by atoms with van der Waals surface area (Å²) in [6.45, 7) is 2.38. The summed E-state index contributed by atoms with van der Waals surface area (Å²) in [6, 6.07) is 3.19. The zero-order valence-corrected chi connectivity index (χ0v) is 12.3. The highest BCUT2D eigenvalue weighted by Crippen LogP contribution is 2.23. The third-order valence-electron chi connectivity index (χ3n) is 2.83. The second-order valence-electron chi connectivity index (χ2n) is 4.05. The van der Waals surface area contributed by atoms with E-state index in [1.807, 2.05) is 18.9 Å². The molecule has 1 atom stereocenters. The minimum absolute atomic E-state index is 0.0272. The highest BCUT2D eigenvalue weighted by Gasteiger charge is 2.21. The van der Waals surface area contributed by atoms with Crippen molar-refractivity contribution in [3.8, 4) is 0 Å². The molecule has 0 aliphatic carbocycles. The van der Waals surface area contributed by atoms with Crippen molar-refractivity contribution in [1.82, 2.24) is 10.2 Å². The fraction of sp³-hybridized carbons (Fsp3) is 0.500. The number of Topliss-reactive ketones (excluding diaryl/α,β-unsaturated/α-hetero) is 1. The summed E-state index contributed by atoms with van der Waals surface area (Å²) in [5.74, 6) is 0.00646. The maximum Gasteiger partial charge on any atom is 0.221 e. The summed E-state index contributed by atoms with van der Waals surface area (Å²) in [6.07, 6.45) is 0.385. The van der Waals surface area contributed by atoms with Gasteiger partial charge in [-0.05, 0) is 26.1 Å². The van der Waals surface area contributed by atoms with Gasteiger partial charge in [0, 0.05) is 20.0 Å². The van der Waals surface area contributed by atoms with Crippen molar-refractivity contribution < 1.29 is 9.59 Å². The Bertz CT molecular complexity index is 433. The number of ketones is 1. The predicted octanol–water partition coefficient (Wildman–Crippen LogP) is 2.04. The molecule has 0 aromatic carbocycles. The Hall–Kier alpha value is -0.910. The molecule has 0 bridgehead atoms. The zero-order chi connectivity index (χ0) is 13.7. The third-order valence-corrected chi connectivity index (χ3v) is 4.07. The number of halogens is 1. The Balaban J connectivity index is 2.55. The number of likely N-dealkylation sites (N-methyl/N-ethyl adjacent to an activating group) is 1. The van der Waals surface area contributed by atoms with E-state index in [2.05, 4.69) is 5.32 Å². The van der Waals surface area contributed by atoms with Crippen LogP contribution in [-0.4, -0.2) is 43.3 Å². The molecule has 18 heavy (non-hydrogen) atoms. The average molecular weight is 289 g/mol. The molecule has 0 fully saturated rings. The van der Waals surface area contributed by atoms with Gasteiger partial charge in [0.1, 0.15) is 0 Å². The maximum absolute atomic E-state index is 12.1. The van der Waals surface area contributed by atoms with Gasteiger partial charge in [-0.3, -0.25) is 14.5 Å². The van der Waals surface area contributed by atoms with Gasteiger partial charge in [0.15, 0.2) is 5.78 Å². The fourth-order valence-electron chi connectivity index (χ4n) is 1.45. The Kier molecular flexibility index (Phi) is 5.78. The summed E-state index contributed by atoms with van der Waals surface area (Å²) in [4.78, 5) is 25.8.